The summed E-state index contributed by atoms with van der Waals surface area (Å²) >= 11 is 0. The van der Waals surface area contributed by atoms with E-state index in [1.807, 2.05) is 12.2 Å². The first-order chi connectivity index (χ1) is 9.10. The van der Waals surface area contributed by atoms with E-state index in [4.69, 9.17) is 0 Å². The smallest absolute Gasteiger partial charge is 0.305 e. The monoisotopic (exact) mass is 270 g/mol. The number of carbonyl (C=O) groups is 2. The predicted octanol–water partition coefficient (Wildman–Crippen LogP) is 0.833. The van der Waals surface area contributed by atoms with Crippen LogP contribution in [0.5, 0.6) is 0 Å². The summed E-state index contributed by atoms with van der Waals surface area (Å²) in [6, 6.07) is 0. The number of carbonyl (C=O) groups excluding carboxylic acids is 2. The van der Waals surface area contributed by atoms with Crippen LogP contribution in [0, 0.1) is 11.8 Å². The molecule has 2 N–H and O–H groups in total. The van der Waals surface area contributed by atoms with Crippen LogP contribution in [0.15, 0.2) is 12.2 Å². The molecule has 0 aromatic carbocycles. The number of hydrogen-bond donors (Lipinski definition) is 2. The molecule has 0 bridgehead atoms. The van der Waals surface area contributed by atoms with E-state index >= 15 is 0 Å². The topological polar surface area (TPSA) is 83.8 Å². The summed E-state index contributed by atoms with van der Waals surface area (Å²) in [4.78, 5) is 21.7. The average molecular weight is 270 g/mol. The largest absolute Gasteiger partial charge is 0.469 e. The zero-order valence-corrected chi connectivity index (χ0v) is 11.2. The Morgan fingerprint density at radius 2 is 2.05 bits per heavy atom. The number of unbranched alkanes of at least 4 members (excludes halogenated alkanes) is 1. The van der Waals surface area contributed by atoms with E-state index in [1.165, 1.54) is 7.11 Å². The highest BCUT2D eigenvalue weighted by Gasteiger charge is 2.40. The van der Waals surface area contributed by atoms with Crippen LogP contribution in [0.1, 0.15) is 32.1 Å². The number of ether oxygens (including phenoxy) is 1. The minimum absolute atomic E-state index is 0.204. The molecule has 0 aromatic rings. The van der Waals surface area contributed by atoms with E-state index in [2.05, 4.69) is 4.74 Å². The molecule has 0 saturated heterocycles. The second-order valence-corrected chi connectivity index (χ2v) is 4.92. The first kappa shape index (κ1) is 15.9. The third-order valence-corrected chi connectivity index (χ3v) is 3.63. The number of aldehydes is 1. The van der Waals surface area contributed by atoms with Crippen LogP contribution in [-0.4, -0.2) is 41.8 Å². The number of aliphatic hydroxyl groups excluding tert-OH is 2. The van der Waals surface area contributed by atoms with Crippen LogP contribution in [0.3, 0.4) is 0 Å². The third-order valence-electron chi connectivity index (χ3n) is 3.63. The molecule has 1 fully saturated rings. The summed E-state index contributed by atoms with van der Waals surface area (Å²) in [5.41, 5.74) is 0. The van der Waals surface area contributed by atoms with Crippen molar-refractivity contribution in [2.45, 2.75) is 44.3 Å². The fourth-order valence-electron chi connectivity index (χ4n) is 2.46. The van der Waals surface area contributed by atoms with Gasteiger partial charge in [0.2, 0.25) is 0 Å². The molecular weight excluding hydrogens is 248 g/mol. The SMILES string of the molecule is COC(=O)CCCC=CC[C@H]1[C@H](C=O)[C@@H](O)C[C@H]1O. The van der Waals surface area contributed by atoms with Gasteiger partial charge in [0.15, 0.2) is 0 Å². The fourth-order valence-corrected chi connectivity index (χ4v) is 2.46. The molecular formula is C14H22O5. The van der Waals surface area contributed by atoms with Crippen LogP contribution >= 0.6 is 0 Å². The first-order valence-corrected chi connectivity index (χ1v) is 6.63. The quantitative estimate of drug-likeness (QED) is 0.310. The lowest BCUT2D eigenvalue weighted by atomic mass is 9.91. The van der Waals surface area contributed by atoms with Crippen molar-refractivity contribution in [3.05, 3.63) is 12.2 Å². The van der Waals surface area contributed by atoms with E-state index in [1.54, 1.807) is 0 Å². The van der Waals surface area contributed by atoms with E-state index in [0.717, 1.165) is 19.1 Å². The molecule has 4 atom stereocenters. The van der Waals surface area contributed by atoms with Gasteiger partial charge in [-0.3, -0.25) is 4.79 Å². The second kappa shape index (κ2) is 8.07. The van der Waals surface area contributed by atoms with E-state index in [-0.39, 0.29) is 18.3 Å². The van der Waals surface area contributed by atoms with Crippen molar-refractivity contribution in [2.24, 2.45) is 11.8 Å². The Morgan fingerprint density at radius 3 is 2.68 bits per heavy atom. The average Bonchev–Trinajstić information content (AvgIpc) is 2.67. The van der Waals surface area contributed by atoms with Gasteiger partial charge < -0.3 is 19.7 Å². The van der Waals surface area contributed by atoms with E-state index in [9.17, 15) is 19.8 Å². The van der Waals surface area contributed by atoms with Crippen LogP contribution in [0.2, 0.25) is 0 Å². The maximum Gasteiger partial charge on any atom is 0.305 e. The summed E-state index contributed by atoms with van der Waals surface area (Å²) in [6.45, 7) is 0. The Hall–Kier alpha value is -1.20. The van der Waals surface area contributed by atoms with Crippen LogP contribution in [0.4, 0.5) is 0 Å². The van der Waals surface area contributed by atoms with Gasteiger partial charge in [-0.25, -0.2) is 0 Å². The number of rotatable bonds is 7. The molecule has 5 heteroatoms. The molecule has 0 radical (unpaired) electrons. The summed E-state index contributed by atoms with van der Waals surface area (Å²) in [5.74, 6) is -0.900. The maximum atomic E-state index is 10.9. The lowest BCUT2D eigenvalue weighted by Gasteiger charge is -2.16. The first-order valence-electron chi connectivity index (χ1n) is 6.63. The maximum absolute atomic E-state index is 10.9. The van der Waals surface area contributed by atoms with Gasteiger partial charge in [0.1, 0.15) is 6.29 Å². The number of methoxy groups -OCH3 is 1. The Bertz CT molecular complexity index is 326. The standard InChI is InChI=1S/C14H22O5/c1-19-14(18)7-5-3-2-4-6-10-11(9-15)13(17)8-12(10)16/h2,4,9-13,16-17H,3,5-8H2,1H3/t10-,11-,12+,13-/m0/s1. The molecule has 5 nitrogen and oxygen atoms in total. The molecule has 0 amide bonds. The summed E-state index contributed by atoms with van der Waals surface area (Å²) in [5, 5.41) is 19.3. The second-order valence-electron chi connectivity index (χ2n) is 4.92. The van der Waals surface area contributed by atoms with Crippen LogP contribution in [-0.2, 0) is 14.3 Å². The molecule has 0 aliphatic heterocycles. The van der Waals surface area contributed by atoms with Gasteiger partial charge in [-0.15, -0.1) is 0 Å². The molecule has 0 heterocycles. The molecule has 1 rings (SSSR count). The minimum atomic E-state index is -0.731. The van der Waals surface area contributed by atoms with Gasteiger partial charge in [0.25, 0.3) is 0 Å². The van der Waals surface area contributed by atoms with Crippen molar-refractivity contribution >= 4 is 12.3 Å². The van der Waals surface area contributed by atoms with Crippen molar-refractivity contribution < 1.29 is 24.5 Å². The van der Waals surface area contributed by atoms with Gasteiger partial charge in [-0.2, -0.15) is 0 Å². The van der Waals surface area contributed by atoms with Gasteiger partial charge >= 0.3 is 5.97 Å². The highest BCUT2D eigenvalue weighted by atomic mass is 16.5. The van der Waals surface area contributed by atoms with Crippen molar-refractivity contribution in [2.75, 3.05) is 7.11 Å². The van der Waals surface area contributed by atoms with Gasteiger partial charge in [0.05, 0.1) is 19.3 Å². The van der Waals surface area contributed by atoms with Gasteiger partial charge in [-0.1, -0.05) is 12.2 Å². The van der Waals surface area contributed by atoms with Crippen LogP contribution < -0.4 is 0 Å². The van der Waals surface area contributed by atoms with Crippen LogP contribution in [0.25, 0.3) is 0 Å². The number of esters is 1. The number of aliphatic hydroxyl groups is 2. The predicted molar refractivity (Wildman–Crippen MR) is 69.3 cm³/mol. The summed E-state index contributed by atoms with van der Waals surface area (Å²) < 4.78 is 4.53. The fraction of sp³-hybridized carbons (Fsp3) is 0.714. The Morgan fingerprint density at radius 1 is 1.32 bits per heavy atom. The number of hydrogen-bond acceptors (Lipinski definition) is 5. The molecule has 0 aromatic heterocycles. The summed E-state index contributed by atoms with van der Waals surface area (Å²) in [7, 11) is 1.37. The lowest BCUT2D eigenvalue weighted by molar-refractivity contribution is -0.140. The molecule has 19 heavy (non-hydrogen) atoms. The van der Waals surface area contributed by atoms with Crippen molar-refractivity contribution in [3.63, 3.8) is 0 Å². The lowest BCUT2D eigenvalue weighted by Crippen LogP contribution is -2.22. The molecule has 1 aliphatic carbocycles. The molecule has 0 unspecified atom stereocenters. The highest BCUT2D eigenvalue weighted by molar-refractivity contribution is 5.69. The molecule has 108 valence electrons. The minimum Gasteiger partial charge on any atom is -0.469 e. The normalized spacial score (nSPS) is 30.7. The molecule has 1 aliphatic rings. The van der Waals surface area contributed by atoms with Crippen molar-refractivity contribution in [3.8, 4) is 0 Å². The van der Waals surface area contributed by atoms with E-state index < -0.39 is 18.1 Å². The molecule has 0 spiro atoms. The highest BCUT2D eigenvalue weighted by Crippen LogP contribution is 2.33. The third kappa shape index (κ3) is 4.76. The summed E-state index contributed by atoms with van der Waals surface area (Å²) in [6.07, 6.45) is 5.92. The van der Waals surface area contributed by atoms with Gasteiger partial charge in [-0.05, 0) is 19.3 Å². The number of allylic oxidation sites excluding steroid dienone is 2. The zero-order valence-electron chi connectivity index (χ0n) is 11.2. The van der Waals surface area contributed by atoms with E-state index in [0.29, 0.717) is 12.8 Å². The van der Waals surface area contributed by atoms with Crippen molar-refractivity contribution in [1.82, 2.24) is 0 Å². The Balaban J connectivity index is 2.27. The van der Waals surface area contributed by atoms with Gasteiger partial charge in [0, 0.05) is 24.7 Å². The zero-order chi connectivity index (χ0) is 14.3. The Labute approximate surface area is 113 Å². The molecule has 1 saturated carbocycles. The van der Waals surface area contributed by atoms with Crippen molar-refractivity contribution in [1.29, 1.82) is 0 Å². The Kier molecular flexibility index (Phi) is 6.73.